The molecule has 0 spiro atoms. The topological polar surface area (TPSA) is 42.0 Å². The van der Waals surface area contributed by atoms with E-state index < -0.39 is 0 Å². The van der Waals surface area contributed by atoms with Gasteiger partial charge in [-0.05, 0) is 23.6 Å². The maximum atomic E-state index is 12.6. The fraction of sp³-hybridized carbons (Fsp3) is 0.200. The van der Waals surface area contributed by atoms with Gasteiger partial charge in [0.1, 0.15) is 0 Å². The number of hydrogen-bond donors (Lipinski definition) is 1. The molecule has 0 aliphatic carbocycles. The fourth-order valence-electron chi connectivity index (χ4n) is 2.73. The Morgan fingerprint density at radius 2 is 1.88 bits per heavy atom. The van der Waals surface area contributed by atoms with E-state index in [1.54, 1.807) is 6.20 Å². The molecular weight excluding hydrogens is 352 g/mol. The van der Waals surface area contributed by atoms with Gasteiger partial charge in [-0.2, -0.15) is 0 Å². The number of aromatic nitrogens is 1. The van der Waals surface area contributed by atoms with Crippen molar-refractivity contribution >= 4 is 34.0 Å². The minimum absolute atomic E-state index is 0.0210. The fourth-order valence-corrected chi connectivity index (χ4v) is 3.77. The molecule has 128 valence electrons. The number of rotatable bonds is 6. The Morgan fingerprint density at radius 1 is 1.16 bits per heavy atom. The molecule has 0 saturated heterocycles. The smallest absolute Gasteiger partial charge is 0.233 e. The molecule has 3 rings (SSSR count). The average molecular weight is 371 g/mol. The van der Waals surface area contributed by atoms with Crippen LogP contribution >= 0.6 is 22.9 Å². The quantitative estimate of drug-likeness (QED) is 0.620. The summed E-state index contributed by atoms with van der Waals surface area (Å²) >= 11 is 7.69. The lowest BCUT2D eigenvalue weighted by molar-refractivity contribution is -0.117. The Balaban J connectivity index is 1.68. The summed E-state index contributed by atoms with van der Waals surface area (Å²) < 4.78 is 0. The summed E-state index contributed by atoms with van der Waals surface area (Å²) in [6.07, 6.45) is 3.25. The SMILES string of the molecule is CC[C@H](C(=O)Nc1ncc(Cc2ccccc2Cl)s1)c1ccccc1. The van der Waals surface area contributed by atoms with Gasteiger partial charge < -0.3 is 5.32 Å². The third-order valence-corrected chi connectivity index (χ3v) is 5.31. The van der Waals surface area contributed by atoms with Crippen molar-refractivity contribution in [2.24, 2.45) is 0 Å². The van der Waals surface area contributed by atoms with Crippen molar-refractivity contribution in [3.05, 3.63) is 81.8 Å². The van der Waals surface area contributed by atoms with Crippen molar-refractivity contribution < 1.29 is 4.79 Å². The maximum absolute atomic E-state index is 12.6. The zero-order valence-electron chi connectivity index (χ0n) is 13.9. The number of nitrogens with zero attached hydrogens (tertiary/aromatic N) is 1. The van der Waals surface area contributed by atoms with E-state index in [9.17, 15) is 4.79 Å². The molecule has 0 aliphatic rings. The van der Waals surface area contributed by atoms with Crippen molar-refractivity contribution in [2.75, 3.05) is 5.32 Å². The van der Waals surface area contributed by atoms with Crippen molar-refractivity contribution in [1.29, 1.82) is 0 Å². The van der Waals surface area contributed by atoms with E-state index in [1.165, 1.54) is 11.3 Å². The van der Waals surface area contributed by atoms with E-state index in [1.807, 2.05) is 61.5 Å². The number of amides is 1. The molecule has 1 amide bonds. The van der Waals surface area contributed by atoms with Crippen LogP contribution in [0.4, 0.5) is 5.13 Å². The molecule has 2 aromatic carbocycles. The number of anilines is 1. The van der Waals surface area contributed by atoms with Gasteiger partial charge in [-0.15, -0.1) is 11.3 Å². The minimum atomic E-state index is -0.169. The number of benzene rings is 2. The first-order chi connectivity index (χ1) is 12.2. The van der Waals surface area contributed by atoms with Gasteiger partial charge in [-0.3, -0.25) is 4.79 Å². The minimum Gasteiger partial charge on any atom is -0.301 e. The molecule has 25 heavy (non-hydrogen) atoms. The molecular formula is C20H19ClN2OS. The van der Waals surface area contributed by atoms with Crippen LogP contribution in [0.2, 0.25) is 5.02 Å². The molecule has 3 aromatic rings. The Bertz CT molecular complexity index is 848. The Hall–Kier alpha value is -2.17. The molecule has 1 N–H and O–H groups in total. The summed E-state index contributed by atoms with van der Waals surface area (Å²) in [6.45, 7) is 2.02. The van der Waals surface area contributed by atoms with Crippen LogP contribution in [-0.2, 0) is 11.2 Å². The van der Waals surface area contributed by atoms with Crippen molar-refractivity contribution in [2.45, 2.75) is 25.7 Å². The van der Waals surface area contributed by atoms with Crippen LogP contribution < -0.4 is 5.32 Å². The third-order valence-electron chi connectivity index (χ3n) is 4.03. The van der Waals surface area contributed by atoms with Crippen LogP contribution in [0.15, 0.2) is 60.8 Å². The van der Waals surface area contributed by atoms with E-state index in [2.05, 4.69) is 10.3 Å². The second-order valence-corrected chi connectivity index (χ2v) is 7.28. The van der Waals surface area contributed by atoms with E-state index in [-0.39, 0.29) is 11.8 Å². The number of halogens is 1. The molecule has 0 fully saturated rings. The Labute approximate surface area is 156 Å². The van der Waals surface area contributed by atoms with Gasteiger partial charge in [0, 0.05) is 22.5 Å². The van der Waals surface area contributed by atoms with Crippen LogP contribution in [0.25, 0.3) is 0 Å². The summed E-state index contributed by atoms with van der Waals surface area (Å²) in [6, 6.07) is 17.6. The number of nitrogens with one attached hydrogen (secondary N) is 1. The highest BCUT2D eigenvalue weighted by Gasteiger charge is 2.19. The maximum Gasteiger partial charge on any atom is 0.233 e. The van der Waals surface area contributed by atoms with Crippen LogP contribution in [0.1, 0.15) is 35.3 Å². The normalized spacial score (nSPS) is 11.9. The van der Waals surface area contributed by atoms with Crippen LogP contribution in [0, 0.1) is 0 Å². The molecule has 5 heteroatoms. The monoisotopic (exact) mass is 370 g/mol. The lowest BCUT2D eigenvalue weighted by atomic mass is 9.96. The highest BCUT2D eigenvalue weighted by Crippen LogP contribution is 2.26. The highest BCUT2D eigenvalue weighted by molar-refractivity contribution is 7.15. The number of carbonyl (C=O) groups is 1. The first-order valence-corrected chi connectivity index (χ1v) is 9.40. The van der Waals surface area contributed by atoms with E-state index in [0.717, 1.165) is 27.4 Å². The molecule has 0 bridgehead atoms. The number of thiazole rings is 1. The number of hydrogen-bond acceptors (Lipinski definition) is 3. The lowest BCUT2D eigenvalue weighted by Crippen LogP contribution is -2.20. The van der Waals surface area contributed by atoms with Crippen molar-refractivity contribution in [3.8, 4) is 0 Å². The summed E-state index contributed by atoms with van der Waals surface area (Å²) in [5.74, 6) is -0.190. The van der Waals surface area contributed by atoms with Gasteiger partial charge >= 0.3 is 0 Å². The predicted octanol–water partition coefficient (Wildman–Crippen LogP) is 5.52. The highest BCUT2D eigenvalue weighted by atomic mass is 35.5. The third kappa shape index (κ3) is 4.47. The van der Waals surface area contributed by atoms with Gasteiger partial charge in [0.2, 0.25) is 5.91 Å². The average Bonchev–Trinajstić information content (AvgIpc) is 3.05. The zero-order chi connectivity index (χ0) is 17.6. The predicted molar refractivity (Wildman–Crippen MR) is 104 cm³/mol. The molecule has 1 aromatic heterocycles. The summed E-state index contributed by atoms with van der Waals surface area (Å²) in [5.41, 5.74) is 2.08. The summed E-state index contributed by atoms with van der Waals surface area (Å²) in [4.78, 5) is 18.0. The molecule has 0 saturated carbocycles. The van der Waals surface area contributed by atoms with Gasteiger partial charge in [0.05, 0.1) is 5.92 Å². The van der Waals surface area contributed by atoms with Crippen molar-refractivity contribution in [1.82, 2.24) is 4.98 Å². The van der Waals surface area contributed by atoms with Crippen LogP contribution in [0.5, 0.6) is 0 Å². The van der Waals surface area contributed by atoms with Gasteiger partial charge in [0.15, 0.2) is 5.13 Å². The molecule has 1 atom stereocenters. The van der Waals surface area contributed by atoms with Gasteiger partial charge in [-0.1, -0.05) is 67.1 Å². The Morgan fingerprint density at radius 3 is 2.60 bits per heavy atom. The molecule has 0 radical (unpaired) electrons. The Kier molecular flexibility index (Phi) is 5.84. The van der Waals surface area contributed by atoms with Crippen molar-refractivity contribution in [3.63, 3.8) is 0 Å². The van der Waals surface area contributed by atoms with Crippen LogP contribution in [-0.4, -0.2) is 10.9 Å². The van der Waals surface area contributed by atoms with E-state index >= 15 is 0 Å². The van der Waals surface area contributed by atoms with Gasteiger partial charge in [-0.25, -0.2) is 4.98 Å². The van der Waals surface area contributed by atoms with Gasteiger partial charge in [0.25, 0.3) is 0 Å². The standard InChI is InChI=1S/C20H19ClN2OS/c1-2-17(14-8-4-3-5-9-14)19(24)23-20-22-13-16(25-20)12-15-10-6-7-11-18(15)21/h3-11,13,17H,2,12H2,1H3,(H,22,23,24)/t17-/m0/s1. The van der Waals surface area contributed by atoms with E-state index in [0.29, 0.717) is 11.6 Å². The lowest BCUT2D eigenvalue weighted by Gasteiger charge is -2.14. The number of carbonyl (C=O) groups excluding carboxylic acids is 1. The summed E-state index contributed by atoms with van der Waals surface area (Å²) in [7, 11) is 0. The molecule has 0 unspecified atom stereocenters. The first-order valence-electron chi connectivity index (χ1n) is 8.21. The molecule has 1 heterocycles. The largest absolute Gasteiger partial charge is 0.301 e. The second kappa shape index (κ2) is 8.28. The second-order valence-electron chi connectivity index (χ2n) is 5.76. The zero-order valence-corrected chi connectivity index (χ0v) is 15.5. The summed E-state index contributed by atoms with van der Waals surface area (Å²) in [5, 5.41) is 4.32. The molecule has 3 nitrogen and oxygen atoms in total. The first kappa shape index (κ1) is 17.6. The van der Waals surface area contributed by atoms with E-state index in [4.69, 9.17) is 11.6 Å². The molecule has 0 aliphatic heterocycles. The van der Waals surface area contributed by atoms with Crippen LogP contribution in [0.3, 0.4) is 0 Å².